The van der Waals surface area contributed by atoms with Gasteiger partial charge >= 0.3 is 11.9 Å². The monoisotopic (exact) mass is 490 g/mol. The summed E-state index contributed by atoms with van der Waals surface area (Å²) in [5.41, 5.74) is 1.96. The van der Waals surface area contributed by atoms with Crippen LogP contribution in [0.1, 0.15) is 64.8 Å². The fraction of sp³-hybridized carbons (Fsp3) is 0.333. The number of carbonyl (C=O) groups is 2. The fourth-order valence-corrected chi connectivity index (χ4v) is 3.53. The molecule has 0 aliphatic heterocycles. The van der Waals surface area contributed by atoms with Gasteiger partial charge in [-0.1, -0.05) is 43.4 Å². The molecule has 0 fully saturated rings. The predicted molar refractivity (Wildman–Crippen MR) is 139 cm³/mol. The molecule has 0 N–H and O–H groups in total. The molecular formula is C30H34O6. The van der Waals surface area contributed by atoms with E-state index in [9.17, 15) is 9.59 Å². The highest BCUT2D eigenvalue weighted by Gasteiger charge is 2.11. The Morgan fingerprint density at radius 2 is 0.972 bits per heavy atom. The van der Waals surface area contributed by atoms with Crippen molar-refractivity contribution in [3.8, 4) is 17.2 Å². The van der Waals surface area contributed by atoms with Crippen molar-refractivity contribution in [1.82, 2.24) is 0 Å². The maximum atomic E-state index is 12.5. The summed E-state index contributed by atoms with van der Waals surface area (Å²) >= 11 is 0. The third kappa shape index (κ3) is 9.19. The third-order valence-corrected chi connectivity index (χ3v) is 5.63. The summed E-state index contributed by atoms with van der Waals surface area (Å²) in [6, 6.07) is 20.4. The molecule has 0 amide bonds. The molecule has 6 heteroatoms. The molecular weight excluding hydrogens is 456 g/mol. The number of benzene rings is 3. The number of carbonyl (C=O) groups excluding carboxylic acids is 2. The standard InChI is InChI=1S/C30H34O6/c1-23-9-11-24(12-10-23)29(31)35-27-17-19-28(20-18-27)36-30(32)25-13-15-26(16-14-25)34-22-8-6-4-3-5-7-21-33-2/h9-20H,3-8,21-22H2,1-2H3. The number of hydrogen-bond acceptors (Lipinski definition) is 6. The van der Waals surface area contributed by atoms with Gasteiger partial charge in [-0.25, -0.2) is 9.59 Å². The van der Waals surface area contributed by atoms with E-state index in [4.69, 9.17) is 18.9 Å². The van der Waals surface area contributed by atoms with Gasteiger partial charge in [0, 0.05) is 13.7 Å². The third-order valence-electron chi connectivity index (χ3n) is 5.63. The molecule has 0 atom stereocenters. The molecule has 3 aromatic rings. The minimum Gasteiger partial charge on any atom is -0.494 e. The number of rotatable bonds is 14. The van der Waals surface area contributed by atoms with Gasteiger partial charge in [0.2, 0.25) is 0 Å². The zero-order chi connectivity index (χ0) is 25.6. The van der Waals surface area contributed by atoms with E-state index in [1.165, 1.54) is 19.3 Å². The molecule has 190 valence electrons. The number of hydrogen-bond donors (Lipinski definition) is 0. The maximum Gasteiger partial charge on any atom is 0.343 e. The minimum absolute atomic E-state index is 0.359. The Balaban J connectivity index is 1.38. The van der Waals surface area contributed by atoms with Gasteiger partial charge in [-0.15, -0.1) is 0 Å². The number of esters is 2. The normalized spacial score (nSPS) is 10.6. The van der Waals surface area contributed by atoms with Crippen molar-refractivity contribution in [2.24, 2.45) is 0 Å². The molecule has 0 saturated carbocycles. The second-order valence-corrected chi connectivity index (χ2v) is 8.60. The van der Waals surface area contributed by atoms with Gasteiger partial charge in [0.25, 0.3) is 0 Å². The lowest BCUT2D eigenvalue weighted by atomic mass is 10.1. The molecule has 6 nitrogen and oxygen atoms in total. The van der Waals surface area contributed by atoms with E-state index in [0.717, 1.165) is 37.2 Å². The first-order valence-electron chi connectivity index (χ1n) is 12.4. The highest BCUT2D eigenvalue weighted by atomic mass is 16.5. The van der Waals surface area contributed by atoms with E-state index in [0.29, 0.717) is 29.2 Å². The van der Waals surface area contributed by atoms with E-state index < -0.39 is 11.9 Å². The van der Waals surface area contributed by atoms with Crippen LogP contribution in [-0.2, 0) is 4.74 Å². The fourth-order valence-electron chi connectivity index (χ4n) is 3.53. The molecule has 3 rings (SSSR count). The maximum absolute atomic E-state index is 12.5. The number of methoxy groups -OCH3 is 1. The second kappa shape index (κ2) is 14.7. The summed E-state index contributed by atoms with van der Waals surface area (Å²) in [5.74, 6) is 0.538. The van der Waals surface area contributed by atoms with Crippen LogP contribution < -0.4 is 14.2 Å². The van der Waals surface area contributed by atoms with E-state index in [1.54, 1.807) is 67.8 Å². The van der Waals surface area contributed by atoms with Crippen molar-refractivity contribution in [2.45, 2.75) is 45.4 Å². The smallest absolute Gasteiger partial charge is 0.343 e. The van der Waals surface area contributed by atoms with Gasteiger partial charge in [0.05, 0.1) is 17.7 Å². The Kier molecular flexibility index (Phi) is 11.0. The first kappa shape index (κ1) is 27.0. The summed E-state index contributed by atoms with van der Waals surface area (Å²) in [4.78, 5) is 24.7. The Labute approximate surface area is 213 Å². The Morgan fingerprint density at radius 1 is 0.556 bits per heavy atom. The van der Waals surface area contributed by atoms with Crippen molar-refractivity contribution >= 4 is 11.9 Å². The number of aryl methyl sites for hydroxylation is 1. The molecule has 0 heterocycles. The van der Waals surface area contributed by atoms with Crippen molar-refractivity contribution in [2.75, 3.05) is 20.3 Å². The van der Waals surface area contributed by atoms with Crippen LogP contribution in [0.15, 0.2) is 72.8 Å². The van der Waals surface area contributed by atoms with Crippen molar-refractivity contribution in [3.63, 3.8) is 0 Å². The Morgan fingerprint density at radius 3 is 1.47 bits per heavy atom. The van der Waals surface area contributed by atoms with Gasteiger partial charge in [-0.05, 0) is 80.4 Å². The minimum atomic E-state index is -0.473. The number of unbranched alkanes of at least 4 members (excludes halogenated alkanes) is 5. The van der Waals surface area contributed by atoms with Crippen molar-refractivity contribution in [3.05, 3.63) is 89.5 Å². The summed E-state index contributed by atoms with van der Waals surface area (Å²) in [6.07, 6.45) is 6.90. The molecule has 0 aromatic heterocycles. The van der Waals surface area contributed by atoms with Gasteiger partial charge in [0.15, 0.2) is 0 Å². The molecule has 0 radical (unpaired) electrons. The largest absolute Gasteiger partial charge is 0.494 e. The average Bonchev–Trinajstić information content (AvgIpc) is 2.89. The summed E-state index contributed by atoms with van der Waals surface area (Å²) < 4.78 is 21.6. The Hall–Kier alpha value is -3.64. The predicted octanol–water partition coefficient (Wildman–Crippen LogP) is 6.80. The molecule has 0 bridgehead atoms. The van der Waals surface area contributed by atoms with Gasteiger partial charge < -0.3 is 18.9 Å². The lowest BCUT2D eigenvalue weighted by Crippen LogP contribution is -2.09. The molecule has 0 aliphatic rings. The van der Waals surface area contributed by atoms with Crippen LogP contribution >= 0.6 is 0 Å². The average molecular weight is 491 g/mol. The SMILES string of the molecule is COCCCCCCCCOc1ccc(C(=O)Oc2ccc(OC(=O)c3ccc(C)cc3)cc2)cc1. The first-order valence-corrected chi connectivity index (χ1v) is 12.4. The summed E-state index contributed by atoms with van der Waals surface area (Å²) in [5, 5.41) is 0. The molecule has 0 spiro atoms. The van der Waals surface area contributed by atoms with Crippen LogP contribution in [0, 0.1) is 6.92 Å². The van der Waals surface area contributed by atoms with E-state index in [1.807, 2.05) is 19.1 Å². The van der Waals surface area contributed by atoms with Crippen LogP contribution in [0.25, 0.3) is 0 Å². The summed E-state index contributed by atoms with van der Waals surface area (Å²) in [6.45, 7) is 3.45. The molecule has 0 aliphatic carbocycles. The lowest BCUT2D eigenvalue weighted by Gasteiger charge is -2.08. The van der Waals surface area contributed by atoms with Crippen LogP contribution in [-0.4, -0.2) is 32.3 Å². The van der Waals surface area contributed by atoms with Crippen molar-refractivity contribution in [1.29, 1.82) is 0 Å². The van der Waals surface area contributed by atoms with Crippen LogP contribution in [0.3, 0.4) is 0 Å². The van der Waals surface area contributed by atoms with Gasteiger partial charge in [0.1, 0.15) is 17.2 Å². The second-order valence-electron chi connectivity index (χ2n) is 8.60. The zero-order valence-electron chi connectivity index (χ0n) is 21.0. The van der Waals surface area contributed by atoms with E-state index in [-0.39, 0.29) is 0 Å². The zero-order valence-corrected chi connectivity index (χ0v) is 21.0. The van der Waals surface area contributed by atoms with Gasteiger partial charge in [-0.2, -0.15) is 0 Å². The first-order chi connectivity index (χ1) is 17.5. The highest BCUT2D eigenvalue weighted by Crippen LogP contribution is 2.21. The van der Waals surface area contributed by atoms with Crippen LogP contribution in [0.5, 0.6) is 17.2 Å². The van der Waals surface area contributed by atoms with E-state index in [2.05, 4.69) is 0 Å². The highest BCUT2D eigenvalue weighted by molar-refractivity contribution is 5.92. The summed E-state index contributed by atoms with van der Waals surface area (Å²) in [7, 11) is 1.74. The topological polar surface area (TPSA) is 71.1 Å². The molecule has 0 saturated heterocycles. The Bertz CT molecular complexity index is 1070. The molecule has 0 unspecified atom stereocenters. The van der Waals surface area contributed by atoms with Crippen LogP contribution in [0.4, 0.5) is 0 Å². The van der Waals surface area contributed by atoms with E-state index >= 15 is 0 Å². The van der Waals surface area contributed by atoms with Crippen LogP contribution in [0.2, 0.25) is 0 Å². The molecule has 3 aromatic carbocycles. The number of ether oxygens (including phenoxy) is 4. The van der Waals surface area contributed by atoms with Crippen molar-refractivity contribution < 1.29 is 28.5 Å². The lowest BCUT2D eigenvalue weighted by molar-refractivity contribution is 0.0719. The van der Waals surface area contributed by atoms with Gasteiger partial charge in [-0.3, -0.25) is 0 Å². The quantitative estimate of drug-likeness (QED) is 0.141. The molecule has 36 heavy (non-hydrogen) atoms.